The van der Waals surface area contributed by atoms with Gasteiger partial charge in [-0.1, -0.05) is 47.6 Å². The lowest BCUT2D eigenvalue weighted by Gasteiger charge is -2.42. The first-order chi connectivity index (χ1) is 15.3. The Hall–Kier alpha value is -1.41. The average molecular weight is 464 g/mol. The standard InChI is InChI=1S/C25H41NO5Si/c1-18(2)32(19(3)4,20(5)6)31-14-12-26-22-15-21(10-11-23(22)29-17-24(26)27)16-30-25-9-7-8-13-28-25/h10-11,15,18-20,25H,7-9,12-14,16-17H2,1-6H3. The molecule has 0 saturated carbocycles. The maximum atomic E-state index is 12.7. The third kappa shape index (κ3) is 5.55. The average Bonchev–Trinajstić information content (AvgIpc) is 2.76. The highest BCUT2D eigenvalue weighted by molar-refractivity contribution is 6.77. The van der Waals surface area contributed by atoms with Gasteiger partial charge >= 0.3 is 0 Å². The number of benzene rings is 1. The number of amides is 1. The van der Waals surface area contributed by atoms with E-state index in [2.05, 4.69) is 41.5 Å². The highest BCUT2D eigenvalue weighted by Crippen LogP contribution is 2.42. The number of hydrogen-bond acceptors (Lipinski definition) is 5. The normalized spacial score (nSPS) is 19.6. The van der Waals surface area contributed by atoms with Gasteiger partial charge in [0.05, 0.1) is 18.9 Å². The molecule has 3 rings (SSSR count). The zero-order chi connectivity index (χ0) is 23.3. The zero-order valence-corrected chi connectivity index (χ0v) is 21.7. The Kier molecular flexibility index (Phi) is 8.78. The van der Waals surface area contributed by atoms with Crippen molar-refractivity contribution in [2.24, 2.45) is 0 Å². The first kappa shape index (κ1) is 25.2. The number of carbonyl (C=O) groups is 1. The van der Waals surface area contributed by atoms with Crippen molar-refractivity contribution in [1.82, 2.24) is 0 Å². The zero-order valence-electron chi connectivity index (χ0n) is 20.7. The Morgan fingerprint density at radius 1 is 1.09 bits per heavy atom. The molecule has 1 aromatic carbocycles. The van der Waals surface area contributed by atoms with Gasteiger partial charge in [-0.25, -0.2) is 0 Å². The maximum Gasteiger partial charge on any atom is 0.265 e. The van der Waals surface area contributed by atoms with Gasteiger partial charge in [-0.3, -0.25) is 4.79 Å². The fourth-order valence-electron chi connectivity index (χ4n) is 5.43. The molecule has 0 bridgehead atoms. The Morgan fingerprint density at radius 3 is 2.44 bits per heavy atom. The molecule has 2 aliphatic rings. The van der Waals surface area contributed by atoms with Crippen molar-refractivity contribution in [3.8, 4) is 5.75 Å². The van der Waals surface area contributed by atoms with Crippen molar-refractivity contribution in [3.05, 3.63) is 23.8 Å². The summed E-state index contributed by atoms with van der Waals surface area (Å²) in [5.74, 6) is 0.711. The van der Waals surface area contributed by atoms with Gasteiger partial charge in [0.15, 0.2) is 21.2 Å². The second kappa shape index (κ2) is 11.1. The Morgan fingerprint density at radius 2 is 1.81 bits per heavy atom. The lowest BCUT2D eigenvalue weighted by molar-refractivity contribution is -0.168. The topological polar surface area (TPSA) is 57.2 Å². The molecular formula is C25H41NO5Si. The molecule has 32 heavy (non-hydrogen) atoms. The van der Waals surface area contributed by atoms with Crippen LogP contribution in [-0.4, -0.2) is 46.9 Å². The van der Waals surface area contributed by atoms with Gasteiger partial charge in [0.25, 0.3) is 5.91 Å². The molecule has 1 aromatic rings. The van der Waals surface area contributed by atoms with Crippen LogP contribution in [-0.2, 0) is 25.3 Å². The molecule has 7 heteroatoms. The quantitative estimate of drug-likeness (QED) is 0.420. The number of anilines is 1. The van der Waals surface area contributed by atoms with Gasteiger partial charge < -0.3 is 23.5 Å². The summed E-state index contributed by atoms with van der Waals surface area (Å²) in [5.41, 5.74) is 3.36. The van der Waals surface area contributed by atoms with E-state index in [4.69, 9.17) is 18.6 Å². The number of fused-ring (bicyclic) bond motifs is 1. The molecule has 2 heterocycles. The van der Waals surface area contributed by atoms with E-state index in [1.807, 2.05) is 23.1 Å². The fourth-order valence-corrected chi connectivity index (χ4v) is 10.9. The van der Waals surface area contributed by atoms with E-state index >= 15 is 0 Å². The Bertz CT molecular complexity index is 739. The van der Waals surface area contributed by atoms with E-state index in [1.165, 1.54) is 0 Å². The van der Waals surface area contributed by atoms with Crippen LogP contribution in [0.3, 0.4) is 0 Å². The van der Waals surface area contributed by atoms with Gasteiger partial charge in [0.2, 0.25) is 0 Å². The molecule has 1 atom stereocenters. The lowest BCUT2D eigenvalue weighted by atomic mass is 10.1. The van der Waals surface area contributed by atoms with Gasteiger partial charge in [-0.2, -0.15) is 0 Å². The largest absolute Gasteiger partial charge is 0.482 e. The lowest BCUT2D eigenvalue weighted by Crippen LogP contribution is -2.50. The predicted molar refractivity (Wildman–Crippen MR) is 130 cm³/mol. The number of nitrogens with zero attached hydrogens (tertiary/aromatic N) is 1. The third-order valence-electron chi connectivity index (χ3n) is 6.91. The van der Waals surface area contributed by atoms with Crippen molar-refractivity contribution < 1.29 is 23.4 Å². The maximum absolute atomic E-state index is 12.7. The van der Waals surface area contributed by atoms with Gasteiger partial charge in [-0.05, 0) is 53.6 Å². The summed E-state index contributed by atoms with van der Waals surface area (Å²) in [5, 5.41) is 0. The van der Waals surface area contributed by atoms with Gasteiger partial charge in [0, 0.05) is 13.2 Å². The first-order valence-electron chi connectivity index (χ1n) is 12.2. The minimum atomic E-state index is -1.97. The van der Waals surface area contributed by atoms with Gasteiger partial charge in [-0.15, -0.1) is 0 Å². The highest BCUT2D eigenvalue weighted by Gasteiger charge is 2.45. The van der Waals surface area contributed by atoms with Crippen LogP contribution >= 0.6 is 0 Å². The van der Waals surface area contributed by atoms with Crippen LogP contribution < -0.4 is 9.64 Å². The van der Waals surface area contributed by atoms with E-state index in [0.29, 0.717) is 36.4 Å². The summed E-state index contributed by atoms with van der Waals surface area (Å²) in [6.45, 7) is 16.1. The molecule has 0 N–H and O–H groups in total. The number of carbonyl (C=O) groups excluding carboxylic acids is 1. The van der Waals surface area contributed by atoms with Crippen LogP contribution in [0.5, 0.6) is 5.75 Å². The molecule has 1 saturated heterocycles. The molecule has 0 spiro atoms. The van der Waals surface area contributed by atoms with Crippen LogP contribution in [0.15, 0.2) is 18.2 Å². The molecule has 1 unspecified atom stereocenters. The molecule has 0 aromatic heterocycles. The highest BCUT2D eigenvalue weighted by atomic mass is 28.4. The van der Waals surface area contributed by atoms with E-state index in [0.717, 1.165) is 42.9 Å². The van der Waals surface area contributed by atoms with Crippen molar-refractivity contribution in [2.45, 2.75) is 90.3 Å². The van der Waals surface area contributed by atoms with Crippen LogP contribution in [0.25, 0.3) is 0 Å². The number of rotatable bonds is 10. The Labute approximate surface area is 194 Å². The molecule has 2 aliphatic heterocycles. The summed E-state index contributed by atoms with van der Waals surface area (Å²) in [4.78, 5) is 14.6. The second-order valence-electron chi connectivity index (χ2n) is 9.91. The predicted octanol–water partition coefficient (Wildman–Crippen LogP) is 5.65. The monoisotopic (exact) mass is 463 g/mol. The summed E-state index contributed by atoms with van der Waals surface area (Å²) < 4.78 is 24.0. The van der Waals surface area contributed by atoms with Crippen molar-refractivity contribution in [1.29, 1.82) is 0 Å². The molecule has 6 nitrogen and oxygen atoms in total. The van der Waals surface area contributed by atoms with Crippen LogP contribution in [0.1, 0.15) is 66.4 Å². The molecule has 0 radical (unpaired) electrons. The van der Waals surface area contributed by atoms with Crippen molar-refractivity contribution in [3.63, 3.8) is 0 Å². The molecule has 1 amide bonds. The van der Waals surface area contributed by atoms with E-state index in [9.17, 15) is 4.79 Å². The summed E-state index contributed by atoms with van der Waals surface area (Å²) >= 11 is 0. The van der Waals surface area contributed by atoms with Crippen molar-refractivity contribution >= 4 is 19.9 Å². The Balaban J connectivity index is 1.69. The molecule has 180 valence electrons. The summed E-state index contributed by atoms with van der Waals surface area (Å²) in [6.07, 6.45) is 3.04. The van der Waals surface area contributed by atoms with Crippen LogP contribution in [0.2, 0.25) is 16.6 Å². The SMILES string of the molecule is CC(C)[Si](OCCN1C(=O)COc2ccc(COC3CCCCO3)cc21)(C(C)C)C(C)C. The number of hydrogen-bond donors (Lipinski definition) is 0. The van der Waals surface area contributed by atoms with E-state index in [1.54, 1.807) is 0 Å². The smallest absolute Gasteiger partial charge is 0.265 e. The summed E-state index contributed by atoms with van der Waals surface area (Å²) in [7, 11) is -1.97. The first-order valence-corrected chi connectivity index (χ1v) is 14.3. The minimum absolute atomic E-state index is 0.0271. The van der Waals surface area contributed by atoms with E-state index in [-0.39, 0.29) is 18.8 Å². The fraction of sp³-hybridized carbons (Fsp3) is 0.720. The third-order valence-corrected chi connectivity index (χ3v) is 13.0. The molecule has 1 fully saturated rings. The molecular weight excluding hydrogens is 422 g/mol. The second-order valence-corrected chi connectivity index (χ2v) is 15.4. The summed E-state index contributed by atoms with van der Waals surface area (Å²) in [6, 6.07) is 5.94. The minimum Gasteiger partial charge on any atom is -0.482 e. The molecule has 0 aliphatic carbocycles. The van der Waals surface area contributed by atoms with Crippen LogP contribution in [0.4, 0.5) is 5.69 Å². The van der Waals surface area contributed by atoms with Crippen molar-refractivity contribution in [2.75, 3.05) is 31.3 Å². The van der Waals surface area contributed by atoms with Crippen LogP contribution in [0, 0.1) is 0 Å². The van der Waals surface area contributed by atoms with E-state index < -0.39 is 8.32 Å². The number of ether oxygens (including phenoxy) is 3. The van der Waals surface area contributed by atoms with Gasteiger partial charge in [0.1, 0.15) is 5.75 Å².